The SMILES string of the molecule is C=C(C)C(=O)OC(F)(F)C(F)(F)C(F)(F)C(F)(F)C1(F)C(F)(F)C(F)(F)C(F)(F)C(F)(F)C(F)(F)C(F)(F)C(F)(F)C(F)(F)C(F)(F)C1(F)F. The van der Waals surface area contributed by atoms with Gasteiger partial charge in [-0.25, -0.2) is 9.18 Å². The molecule has 2 nitrogen and oxygen atoms in total. The van der Waals surface area contributed by atoms with Crippen LogP contribution in [0.2, 0.25) is 0 Å². The van der Waals surface area contributed by atoms with Gasteiger partial charge in [-0.15, -0.1) is 0 Å². The predicted molar refractivity (Wildman–Crippen MR) is 94.0 cm³/mol. The first-order valence-electron chi connectivity index (χ1n) is 10.9. The molecular weight excluding hydrogens is 811 g/mol. The molecule has 0 amide bonds. The van der Waals surface area contributed by atoms with Crippen molar-refractivity contribution in [2.45, 2.75) is 95.7 Å². The van der Waals surface area contributed by atoms with Crippen molar-refractivity contribution >= 4 is 5.97 Å². The topological polar surface area (TPSA) is 26.3 Å². The molecule has 0 saturated heterocycles. The second-order valence-electron chi connectivity index (χ2n) is 9.81. The zero-order valence-electron chi connectivity index (χ0n) is 22.0. The normalized spacial score (nSPS) is 27.7. The highest BCUT2D eigenvalue weighted by atomic mass is 19.4. The third-order valence-corrected chi connectivity index (χ3v) is 6.57. The molecule has 1 aliphatic rings. The maximum absolute atomic E-state index is 15.2. The molecule has 1 fully saturated rings. The Balaban J connectivity index is 4.85. The summed E-state index contributed by atoms with van der Waals surface area (Å²) >= 11 is 0. The van der Waals surface area contributed by atoms with Crippen LogP contribution in [0.15, 0.2) is 12.2 Å². The third kappa shape index (κ3) is 4.42. The molecule has 0 heterocycles. The van der Waals surface area contributed by atoms with Gasteiger partial charge < -0.3 is 4.74 Å². The van der Waals surface area contributed by atoms with Crippen LogP contribution < -0.4 is 0 Å². The summed E-state index contributed by atoms with van der Waals surface area (Å²) in [6, 6.07) is 0. The fourth-order valence-corrected chi connectivity index (χ4v) is 3.47. The molecule has 0 aromatic heterocycles. The molecule has 0 spiro atoms. The summed E-state index contributed by atoms with van der Waals surface area (Å²) in [6.45, 7) is 2.25. The van der Waals surface area contributed by atoms with Crippen LogP contribution in [0.4, 0.5) is 127 Å². The van der Waals surface area contributed by atoms with E-state index in [4.69, 9.17) is 0 Å². The minimum Gasteiger partial charge on any atom is -0.393 e. The summed E-state index contributed by atoms with van der Waals surface area (Å²) in [5, 5.41) is 0. The van der Waals surface area contributed by atoms with Crippen LogP contribution in [0.3, 0.4) is 0 Å². The first-order chi connectivity index (χ1) is 21.1. The average molecular weight is 816 g/mol. The van der Waals surface area contributed by atoms with Crippen molar-refractivity contribution in [1.82, 2.24) is 0 Å². The Morgan fingerprint density at radius 1 is 0.420 bits per heavy atom. The van der Waals surface area contributed by atoms with Gasteiger partial charge in [0.1, 0.15) is 0 Å². The van der Waals surface area contributed by atoms with E-state index in [-0.39, 0.29) is 6.92 Å². The quantitative estimate of drug-likeness (QED) is 0.152. The highest BCUT2D eigenvalue weighted by molar-refractivity contribution is 5.87. The Hall–Kier alpha value is -2.82. The van der Waals surface area contributed by atoms with Crippen LogP contribution in [0, 0.1) is 0 Å². The number of ether oxygens (including phenoxy) is 1. The number of hydrogen-bond donors (Lipinski definition) is 0. The molecule has 0 unspecified atom stereocenters. The van der Waals surface area contributed by atoms with Crippen molar-refractivity contribution in [2.75, 3.05) is 0 Å². The van der Waals surface area contributed by atoms with Crippen LogP contribution in [-0.4, -0.2) is 94.7 Å². The van der Waals surface area contributed by atoms with E-state index in [9.17, 15) is 128 Å². The molecule has 0 N–H and O–H groups in total. The first-order valence-corrected chi connectivity index (χ1v) is 10.9. The smallest absolute Gasteiger partial charge is 0.393 e. The summed E-state index contributed by atoms with van der Waals surface area (Å²) in [6.07, 6.45) is -8.09. The second kappa shape index (κ2) is 10.6. The molecule has 1 aliphatic carbocycles. The molecule has 0 bridgehead atoms. The van der Waals surface area contributed by atoms with E-state index >= 15 is 4.39 Å². The van der Waals surface area contributed by atoms with Crippen molar-refractivity contribution in [3.63, 3.8) is 0 Å². The maximum atomic E-state index is 15.2. The lowest BCUT2D eigenvalue weighted by molar-refractivity contribution is -0.495. The van der Waals surface area contributed by atoms with E-state index in [2.05, 4.69) is 11.3 Å². The Morgan fingerprint density at radius 2 is 0.620 bits per heavy atom. The van der Waals surface area contributed by atoms with E-state index in [1.165, 1.54) is 0 Å². The summed E-state index contributed by atoms with van der Waals surface area (Å²) in [5.41, 5.74) is -12.7. The molecule has 0 aromatic rings. The standard InChI is InChI=1S/C19H5F29O2/c1-3(2)4(49)50-19(47,48)18(45,46)11(31,32)8(25,26)5(20)6(21,22)9(27,28)12(33,34)14(37,38)16(41,42)17(43,44)15(39,40)13(35,36)10(29,30)7(5,23)24/h1H2,2H3. The van der Waals surface area contributed by atoms with Crippen LogP contribution in [0.25, 0.3) is 0 Å². The average Bonchev–Trinajstić information content (AvgIpc) is 2.89. The molecule has 50 heavy (non-hydrogen) atoms. The maximum Gasteiger partial charge on any atom is 0.473 e. The summed E-state index contributed by atoms with van der Waals surface area (Å²) in [5.74, 6) is -134. The molecule has 0 atom stereocenters. The fraction of sp³-hybridized carbons (Fsp3) is 0.842. The second-order valence-corrected chi connectivity index (χ2v) is 9.81. The van der Waals surface area contributed by atoms with Crippen molar-refractivity contribution in [2.24, 2.45) is 0 Å². The van der Waals surface area contributed by atoms with Gasteiger partial charge >= 0.3 is 94.7 Å². The van der Waals surface area contributed by atoms with E-state index < -0.39 is 100 Å². The van der Waals surface area contributed by atoms with Crippen LogP contribution in [-0.2, 0) is 9.53 Å². The lowest BCUT2D eigenvalue weighted by Crippen LogP contribution is -2.85. The number of alkyl halides is 29. The minimum absolute atomic E-state index is 0.0344. The Labute approximate surface area is 252 Å². The number of carbonyl (C=O) groups excluding carboxylic acids is 1. The summed E-state index contributed by atoms with van der Waals surface area (Å²) in [7, 11) is 0. The molecule has 31 heteroatoms. The number of esters is 1. The molecule has 1 rings (SSSR count). The van der Waals surface area contributed by atoms with Gasteiger partial charge in [0.15, 0.2) is 0 Å². The van der Waals surface area contributed by atoms with Gasteiger partial charge in [-0.2, -0.15) is 123 Å². The Morgan fingerprint density at radius 3 is 0.820 bits per heavy atom. The Bertz CT molecular complexity index is 1310. The van der Waals surface area contributed by atoms with Gasteiger partial charge in [0.25, 0.3) is 0 Å². The van der Waals surface area contributed by atoms with Gasteiger partial charge in [0.05, 0.1) is 0 Å². The highest BCUT2D eigenvalue weighted by Gasteiger charge is 3.07. The zero-order valence-corrected chi connectivity index (χ0v) is 22.0. The van der Waals surface area contributed by atoms with Gasteiger partial charge in [-0.05, 0) is 6.92 Å². The first kappa shape index (κ1) is 45.2. The number of carbonyl (C=O) groups is 1. The molecule has 0 aromatic carbocycles. The van der Waals surface area contributed by atoms with Crippen molar-refractivity contribution in [3.8, 4) is 0 Å². The van der Waals surface area contributed by atoms with E-state index in [1.807, 2.05) is 0 Å². The van der Waals surface area contributed by atoms with Gasteiger partial charge in [0, 0.05) is 5.57 Å². The van der Waals surface area contributed by atoms with Crippen LogP contribution in [0.1, 0.15) is 6.92 Å². The monoisotopic (exact) mass is 816 g/mol. The lowest BCUT2D eigenvalue weighted by atomic mass is 9.72. The summed E-state index contributed by atoms with van der Waals surface area (Å²) in [4.78, 5) is 11.0. The zero-order chi connectivity index (χ0) is 41.4. The molecule has 0 radical (unpaired) electrons. The lowest BCUT2D eigenvalue weighted by Gasteiger charge is -2.51. The molecule has 1 saturated carbocycles. The van der Waals surface area contributed by atoms with Crippen molar-refractivity contribution < 1.29 is 137 Å². The number of rotatable bonds is 6. The fourth-order valence-electron chi connectivity index (χ4n) is 3.47. The molecule has 0 aliphatic heterocycles. The highest BCUT2D eigenvalue weighted by Crippen LogP contribution is 2.74. The predicted octanol–water partition coefficient (Wildman–Crippen LogP) is 9.68. The third-order valence-electron chi connectivity index (χ3n) is 6.57. The van der Waals surface area contributed by atoms with E-state index in [0.29, 0.717) is 0 Å². The minimum atomic E-state index is -11.0. The van der Waals surface area contributed by atoms with Crippen LogP contribution >= 0.6 is 0 Å². The molecular formula is C19H5F29O2. The van der Waals surface area contributed by atoms with Crippen molar-refractivity contribution in [3.05, 3.63) is 12.2 Å². The van der Waals surface area contributed by atoms with Gasteiger partial charge in [0.2, 0.25) is 0 Å². The van der Waals surface area contributed by atoms with E-state index in [0.717, 1.165) is 0 Å². The molecule has 296 valence electrons. The van der Waals surface area contributed by atoms with Gasteiger partial charge in [-0.3, -0.25) is 0 Å². The largest absolute Gasteiger partial charge is 0.473 e. The number of halogens is 29. The Kier molecular flexibility index (Phi) is 9.61. The van der Waals surface area contributed by atoms with E-state index in [1.54, 1.807) is 0 Å². The van der Waals surface area contributed by atoms with Crippen molar-refractivity contribution in [1.29, 1.82) is 0 Å². The number of hydrogen-bond acceptors (Lipinski definition) is 2. The summed E-state index contributed by atoms with van der Waals surface area (Å²) < 4.78 is 411. The van der Waals surface area contributed by atoms with Gasteiger partial charge in [-0.1, -0.05) is 6.58 Å². The van der Waals surface area contributed by atoms with Crippen LogP contribution in [0.5, 0.6) is 0 Å².